The van der Waals surface area contributed by atoms with Gasteiger partial charge in [-0.1, -0.05) is 12.1 Å². The number of benzene rings is 2. The van der Waals surface area contributed by atoms with Crippen LogP contribution in [0.2, 0.25) is 0 Å². The first kappa shape index (κ1) is 18.6. The number of phenols is 2. The normalized spacial score (nSPS) is 24.0. The Morgan fingerprint density at radius 2 is 1.82 bits per heavy atom. The van der Waals surface area contributed by atoms with Gasteiger partial charge in [-0.25, -0.2) is 0 Å². The van der Waals surface area contributed by atoms with Gasteiger partial charge in [0.2, 0.25) is 5.78 Å². The van der Waals surface area contributed by atoms with Crippen LogP contribution in [0.25, 0.3) is 0 Å². The molecule has 2 aromatic carbocycles. The highest BCUT2D eigenvalue weighted by atomic mass is 16.7. The molecule has 0 spiro atoms. The third kappa shape index (κ3) is 3.06. The highest BCUT2D eigenvalue weighted by Gasteiger charge is 2.34. The predicted octanol–water partition coefficient (Wildman–Crippen LogP) is 0.824. The second-order valence-corrected chi connectivity index (χ2v) is 6.94. The van der Waals surface area contributed by atoms with Crippen LogP contribution < -0.4 is 5.73 Å². The molecule has 3 atom stereocenters. The van der Waals surface area contributed by atoms with E-state index >= 15 is 0 Å². The van der Waals surface area contributed by atoms with Crippen molar-refractivity contribution in [3.63, 3.8) is 0 Å². The summed E-state index contributed by atoms with van der Waals surface area (Å²) < 4.78 is 11.0. The molecule has 1 fully saturated rings. The number of nitrogens with two attached hydrogens (primary N) is 1. The van der Waals surface area contributed by atoms with Crippen LogP contribution in [-0.4, -0.2) is 51.9 Å². The van der Waals surface area contributed by atoms with Crippen molar-refractivity contribution in [3.05, 3.63) is 58.1 Å². The van der Waals surface area contributed by atoms with Crippen LogP contribution in [0.1, 0.15) is 43.8 Å². The standard InChI is InChI=1S/C20H19NO7/c21-12-6-16(28-8-15(12)24)27-7-9-4-11-18(14(23)5-9)20(26)17-10(19(11)25)2-1-3-13(17)22/h1-5,12,15-16,22-24H,6-8,21H2/t12-,15+,16-/m1/s1. The number of hydrogen-bond acceptors (Lipinski definition) is 8. The predicted molar refractivity (Wildman–Crippen MR) is 96.2 cm³/mol. The summed E-state index contributed by atoms with van der Waals surface area (Å²) in [5.41, 5.74) is 6.16. The summed E-state index contributed by atoms with van der Waals surface area (Å²) in [5, 5.41) is 29.9. The van der Waals surface area contributed by atoms with Crippen molar-refractivity contribution in [2.45, 2.75) is 31.5 Å². The summed E-state index contributed by atoms with van der Waals surface area (Å²) in [6, 6.07) is 6.63. The van der Waals surface area contributed by atoms with Gasteiger partial charge >= 0.3 is 0 Å². The van der Waals surface area contributed by atoms with Crippen LogP contribution in [-0.2, 0) is 16.1 Å². The van der Waals surface area contributed by atoms with Crippen LogP contribution in [0, 0.1) is 0 Å². The average molecular weight is 385 g/mol. The van der Waals surface area contributed by atoms with E-state index in [2.05, 4.69) is 0 Å². The lowest BCUT2D eigenvalue weighted by Crippen LogP contribution is -2.47. The van der Waals surface area contributed by atoms with Crippen molar-refractivity contribution in [2.24, 2.45) is 5.73 Å². The molecule has 0 bridgehead atoms. The molecule has 28 heavy (non-hydrogen) atoms. The number of rotatable bonds is 3. The maximum Gasteiger partial charge on any atom is 0.201 e. The molecule has 146 valence electrons. The van der Waals surface area contributed by atoms with E-state index in [0.29, 0.717) is 12.0 Å². The van der Waals surface area contributed by atoms with Crippen LogP contribution in [0.4, 0.5) is 0 Å². The molecule has 2 aromatic rings. The topological polar surface area (TPSA) is 139 Å². The van der Waals surface area contributed by atoms with E-state index in [4.69, 9.17) is 15.2 Å². The first-order valence-electron chi connectivity index (χ1n) is 8.81. The minimum atomic E-state index is -0.743. The zero-order valence-corrected chi connectivity index (χ0v) is 14.8. The van der Waals surface area contributed by atoms with Gasteiger partial charge in [-0.15, -0.1) is 0 Å². The van der Waals surface area contributed by atoms with Gasteiger partial charge in [0.15, 0.2) is 12.1 Å². The quantitative estimate of drug-likeness (QED) is 0.520. The Hall–Kier alpha value is -2.78. The number of carbonyl (C=O) groups excluding carboxylic acids is 2. The zero-order valence-electron chi connectivity index (χ0n) is 14.8. The Morgan fingerprint density at radius 1 is 1.07 bits per heavy atom. The summed E-state index contributed by atoms with van der Waals surface area (Å²) >= 11 is 0. The summed E-state index contributed by atoms with van der Waals surface area (Å²) in [5.74, 6) is -1.73. The first-order valence-corrected chi connectivity index (χ1v) is 8.81. The number of aliphatic hydroxyl groups excluding tert-OH is 1. The molecule has 1 aliphatic carbocycles. The van der Waals surface area contributed by atoms with E-state index in [1.165, 1.54) is 30.3 Å². The van der Waals surface area contributed by atoms with Crippen LogP contribution in [0.3, 0.4) is 0 Å². The van der Waals surface area contributed by atoms with Crippen molar-refractivity contribution in [1.82, 2.24) is 0 Å². The Bertz CT molecular complexity index is 971. The average Bonchev–Trinajstić information content (AvgIpc) is 2.66. The second-order valence-electron chi connectivity index (χ2n) is 6.94. The molecular weight excluding hydrogens is 366 g/mol. The fourth-order valence-electron chi connectivity index (χ4n) is 3.51. The van der Waals surface area contributed by atoms with E-state index in [-0.39, 0.29) is 47.0 Å². The highest BCUT2D eigenvalue weighted by molar-refractivity contribution is 6.30. The molecule has 4 rings (SSSR count). The largest absolute Gasteiger partial charge is 0.507 e. The molecule has 0 saturated carbocycles. The third-order valence-corrected chi connectivity index (χ3v) is 5.01. The van der Waals surface area contributed by atoms with E-state index in [1.54, 1.807) is 0 Å². The van der Waals surface area contributed by atoms with Crippen molar-refractivity contribution in [1.29, 1.82) is 0 Å². The van der Waals surface area contributed by atoms with E-state index in [0.717, 1.165) is 0 Å². The molecule has 0 radical (unpaired) electrons. The molecule has 0 aromatic heterocycles. The minimum Gasteiger partial charge on any atom is -0.507 e. The van der Waals surface area contributed by atoms with Crippen molar-refractivity contribution in [3.8, 4) is 11.5 Å². The van der Waals surface area contributed by atoms with Gasteiger partial charge in [-0.05, 0) is 23.8 Å². The Balaban J connectivity index is 1.60. The number of aromatic hydroxyl groups is 2. The molecule has 0 unspecified atom stereocenters. The molecule has 8 nitrogen and oxygen atoms in total. The number of aliphatic hydroxyl groups is 1. The van der Waals surface area contributed by atoms with Gasteiger partial charge in [0.05, 0.1) is 30.4 Å². The van der Waals surface area contributed by atoms with Crippen LogP contribution in [0.15, 0.2) is 30.3 Å². The number of fused-ring (bicyclic) bond motifs is 2. The maximum atomic E-state index is 12.8. The molecule has 0 amide bonds. The third-order valence-electron chi connectivity index (χ3n) is 5.01. The van der Waals surface area contributed by atoms with Crippen molar-refractivity contribution < 1.29 is 34.4 Å². The number of carbonyl (C=O) groups is 2. The molecule has 8 heteroatoms. The van der Waals surface area contributed by atoms with Gasteiger partial charge in [0.1, 0.15) is 11.5 Å². The number of phenolic OH excluding ortho intramolecular Hbond substituents is 2. The summed E-state index contributed by atoms with van der Waals surface area (Å²) in [6.45, 7) is 0.0806. The Kier molecular flexibility index (Phi) is 4.64. The minimum absolute atomic E-state index is 0.0166. The van der Waals surface area contributed by atoms with E-state index < -0.39 is 30.0 Å². The second kappa shape index (κ2) is 6.99. The fourth-order valence-corrected chi connectivity index (χ4v) is 3.51. The lowest BCUT2D eigenvalue weighted by molar-refractivity contribution is -0.196. The lowest BCUT2D eigenvalue weighted by atomic mass is 9.82. The number of ketones is 2. The SMILES string of the molecule is N[C@@H]1C[C@H](OCc2cc(O)c3c(c2)C(=O)c2cccc(O)c2C3=O)OC[C@@H]1O. The molecule has 1 heterocycles. The molecule has 1 saturated heterocycles. The first-order chi connectivity index (χ1) is 13.4. The number of hydrogen-bond donors (Lipinski definition) is 4. The van der Waals surface area contributed by atoms with Crippen LogP contribution >= 0.6 is 0 Å². The Labute approximate surface area is 160 Å². The molecule has 1 aliphatic heterocycles. The smallest absolute Gasteiger partial charge is 0.201 e. The molecule has 2 aliphatic rings. The molecular formula is C20H19NO7. The summed E-state index contributed by atoms with van der Waals surface area (Å²) in [6.07, 6.45) is -1.05. The summed E-state index contributed by atoms with van der Waals surface area (Å²) in [4.78, 5) is 25.5. The van der Waals surface area contributed by atoms with Gasteiger partial charge in [-0.3, -0.25) is 9.59 Å². The van der Waals surface area contributed by atoms with Gasteiger partial charge in [-0.2, -0.15) is 0 Å². The monoisotopic (exact) mass is 385 g/mol. The molecule has 5 N–H and O–H groups in total. The van der Waals surface area contributed by atoms with Gasteiger partial charge in [0.25, 0.3) is 0 Å². The van der Waals surface area contributed by atoms with E-state index in [9.17, 15) is 24.9 Å². The van der Waals surface area contributed by atoms with Gasteiger partial charge < -0.3 is 30.5 Å². The zero-order chi connectivity index (χ0) is 20.0. The van der Waals surface area contributed by atoms with E-state index in [1.807, 2.05) is 0 Å². The lowest BCUT2D eigenvalue weighted by Gasteiger charge is -2.31. The van der Waals surface area contributed by atoms with Crippen molar-refractivity contribution >= 4 is 11.6 Å². The van der Waals surface area contributed by atoms with Crippen LogP contribution in [0.5, 0.6) is 11.5 Å². The Morgan fingerprint density at radius 3 is 2.57 bits per heavy atom. The van der Waals surface area contributed by atoms with Gasteiger partial charge in [0, 0.05) is 23.6 Å². The maximum absolute atomic E-state index is 12.8. The highest BCUT2D eigenvalue weighted by Crippen LogP contribution is 2.37. The van der Waals surface area contributed by atoms with Crippen molar-refractivity contribution in [2.75, 3.05) is 6.61 Å². The number of ether oxygens (including phenoxy) is 2. The fraction of sp³-hybridized carbons (Fsp3) is 0.300. The summed E-state index contributed by atoms with van der Waals surface area (Å²) in [7, 11) is 0.